The van der Waals surface area contributed by atoms with Crippen LogP contribution in [0, 0.1) is 0 Å². The summed E-state index contributed by atoms with van der Waals surface area (Å²) in [4.78, 5) is 34.9. The molecule has 0 aromatic carbocycles. The Hall–Kier alpha value is -3.73. The van der Waals surface area contributed by atoms with Crippen molar-refractivity contribution in [3.63, 3.8) is 0 Å². The maximum Gasteiger partial charge on any atom is 0.417 e. The van der Waals surface area contributed by atoms with Crippen molar-refractivity contribution in [3.05, 3.63) is 70.8 Å². The van der Waals surface area contributed by atoms with Gasteiger partial charge in [-0.15, -0.1) is 11.3 Å². The third-order valence-electron chi connectivity index (χ3n) is 5.73. The summed E-state index contributed by atoms with van der Waals surface area (Å²) < 4.78 is 46.6. The summed E-state index contributed by atoms with van der Waals surface area (Å²) in [6.07, 6.45) is -0.0122. The molecule has 174 valence electrons. The van der Waals surface area contributed by atoms with Gasteiger partial charge in [-0.1, -0.05) is 6.07 Å². The van der Waals surface area contributed by atoms with Crippen LogP contribution in [0.1, 0.15) is 38.0 Å². The molecule has 0 atom stereocenters. The number of pyridine rings is 2. The molecular weight excluding hydrogens is 469 g/mol. The zero-order valence-electron chi connectivity index (χ0n) is 17.7. The molecule has 1 fully saturated rings. The van der Waals surface area contributed by atoms with Gasteiger partial charge in [0.2, 0.25) is 0 Å². The molecule has 0 radical (unpaired) electrons. The molecule has 1 N–H and O–H groups in total. The van der Waals surface area contributed by atoms with E-state index in [1.54, 1.807) is 17.3 Å². The standard InChI is InChI=1S/C23H17F3N4O3S/c1-27-21(31)15-11-34-20-16(23(24,25)26)6-17(29-19(15)20)13-5-18(33-10-13)22(32)30-8-14(9-30)12-3-2-4-28-7-12/h2-7,10-11,14H,8-9H2,1H3,(H,27,31). The van der Waals surface area contributed by atoms with E-state index in [9.17, 15) is 22.8 Å². The number of hydrogen-bond acceptors (Lipinski definition) is 6. The first-order valence-electron chi connectivity index (χ1n) is 10.3. The maximum absolute atomic E-state index is 13.8. The van der Waals surface area contributed by atoms with Gasteiger partial charge in [-0.2, -0.15) is 13.2 Å². The Labute approximate surface area is 195 Å². The fraction of sp³-hybridized carbons (Fsp3) is 0.217. The number of amides is 2. The number of alkyl halides is 3. The average molecular weight is 486 g/mol. The van der Waals surface area contributed by atoms with Gasteiger partial charge in [0, 0.05) is 49.4 Å². The molecule has 1 aliphatic heterocycles. The highest BCUT2D eigenvalue weighted by atomic mass is 32.1. The van der Waals surface area contributed by atoms with Gasteiger partial charge < -0.3 is 14.6 Å². The average Bonchev–Trinajstić information content (AvgIpc) is 3.44. The predicted molar refractivity (Wildman–Crippen MR) is 119 cm³/mol. The summed E-state index contributed by atoms with van der Waals surface area (Å²) in [7, 11) is 1.39. The van der Waals surface area contributed by atoms with Crippen LogP contribution in [0.4, 0.5) is 13.2 Å². The molecule has 4 aromatic heterocycles. The molecule has 2 amide bonds. The number of rotatable bonds is 4. The number of aromatic nitrogens is 2. The molecule has 0 saturated carbocycles. The third kappa shape index (κ3) is 3.81. The largest absolute Gasteiger partial charge is 0.458 e. The molecule has 1 aliphatic rings. The van der Waals surface area contributed by atoms with E-state index in [4.69, 9.17) is 4.42 Å². The predicted octanol–water partition coefficient (Wildman–Crippen LogP) is 4.57. The lowest BCUT2D eigenvalue weighted by Gasteiger charge is -2.38. The van der Waals surface area contributed by atoms with E-state index in [0.29, 0.717) is 13.1 Å². The van der Waals surface area contributed by atoms with Gasteiger partial charge in [-0.05, 0) is 23.8 Å². The molecule has 0 aliphatic carbocycles. The zero-order chi connectivity index (χ0) is 24.0. The summed E-state index contributed by atoms with van der Waals surface area (Å²) in [5, 5.41) is 3.76. The van der Waals surface area contributed by atoms with Gasteiger partial charge >= 0.3 is 6.18 Å². The van der Waals surface area contributed by atoms with Crippen molar-refractivity contribution in [2.45, 2.75) is 12.1 Å². The summed E-state index contributed by atoms with van der Waals surface area (Å²) >= 11 is 0.806. The van der Waals surface area contributed by atoms with E-state index in [1.165, 1.54) is 24.8 Å². The molecule has 4 aromatic rings. The highest BCUT2D eigenvalue weighted by molar-refractivity contribution is 7.17. The second kappa shape index (κ2) is 8.24. The highest BCUT2D eigenvalue weighted by Crippen LogP contribution is 2.40. The number of nitrogens with zero attached hydrogens (tertiary/aromatic N) is 3. The monoisotopic (exact) mass is 486 g/mol. The number of hydrogen-bond donors (Lipinski definition) is 1. The van der Waals surface area contributed by atoms with Crippen LogP contribution < -0.4 is 5.32 Å². The van der Waals surface area contributed by atoms with Crippen molar-refractivity contribution in [2.24, 2.45) is 0 Å². The van der Waals surface area contributed by atoms with E-state index in [-0.39, 0.29) is 44.6 Å². The zero-order valence-corrected chi connectivity index (χ0v) is 18.5. The lowest BCUT2D eigenvalue weighted by atomic mass is 9.92. The quantitative estimate of drug-likeness (QED) is 0.457. The summed E-state index contributed by atoms with van der Waals surface area (Å²) in [5.74, 6) is -0.711. The first-order chi connectivity index (χ1) is 16.3. The van der Waals surface area contributed by atoms with Crippen LogP contribution >= 0.6 is 11.3 Å². The van der Waals surface area contributed by atoms with E-state index < -0.39 is 17.6 Å². The van der Waals surface area contributed by atoms with Crippen LogP contribution in [-0.2, 0) is 6.18 Å². The van der Waals surface area contributed by atoms with Crippen LogP contribution in [0.5, 0.6) is 0 Å². The third-order valence-corrected chi connectivity index (χ3v) is 6.73. The summed E-state index contributed by atoms with van der Waals surface area (Å²) in [6.45, 7) is 0.987. The minimum absolute atomic E-state index is 0.00642. The number of nitrogens with one attached hydrogen (secondary N) is 1. The fourth-order valence-corrected chi connectivity index (χ4v) is 4.90. The Morgan fingerprint density at radius 2 is 2.06 bits per heavy atom. The summed E-state index contributed by atoms with van der Waals surface area (Å²) in [6, 6.07) is 6.07. The normalized spacial score (nSPS) is 14.3. The Kier molecular flexibility index (Phi) is 5.35. The van der Waals surface area contributed by atoms with Crippen LogP contribution in [0.25, 0.3) is 21.5 Å². The molecule has 5 heterocycles. The Bertz CT molecular complexity index is 1390. The first kappa shape index (κ1) is 22.1. The van der Waals surface area contributed by atoms with Crippen molar-refractivity contribution in [1.82, 2.24) is 20.2 Å². The Morgan fingerprint density at radius 1 is 1.26 bits per heavy atom. The maximum atomic E-state index is 13.8. The van der Waals surface area contributed by atoms with Gasteiger partial charge in [0.05, 0.1) is 27.0 Å². The number of fused-ring (bicyclic) bond motifs is 1. The molecule has 1 saturated heterocycles. The Morgan fingerprint density at radius 3 is 2.74 bits per heavy atom. The van der Waals surface area contributed by atoms with Crippen LogP contribution in [-0.4, -0.2) is 46.8 Å². The van der Waals surface area contributed by atoms with Crippen molar-refractivity contribution < 1.29 is 27.2 Å². The SMILES string of the molecule is CNC(=O)c1csc2c(C(F)(F)F)cc(-c3coc(C(=O)N4CC(c5cccnc5)C4)c3)nc12. The fourth-order valence-electron chi connectivity index (χ4n) is 3.87. The number of thiophene rings is 1. The Balaban J connectivity index is 1.44. The molecule has 34 heavy (non-hydrogen) atoms. The van der Waals surface area contributed by atoms with E-state index in [0.717, 1.165) is 23.0 Å². The number of likely N-dealkylation sites (tertiary alicyclic amines) is 1. The van der Waals surface area contributed by atoms with Crippen LogP contribution in [0.2, 0.25) is 0 Å². The van der Waals surface area contributed by atoms with Crippen molar-refractivity contribution in [1.29, 1.82) is 0 Å². The topological polar surface area (TPSA) is 88.3 Å². The minimum atomic E-state index is -4.65. The van der Waals surface area contributed by atoms with Gasteiger partial charge in [0.25, 0.3) is 11.8 Å². The smallest absolute Gasteiger partial charge is 0.417 e. The van der Waals surface area contributed by atoms with Gasteiger partial charge in [0.1, 0.15) is 6.26 Å². The number of carbonyl (C=O) groups is 2. The van der Waals surface area contributed by atoms with Gasteiger partial charge in [-0.3, -0.25) is 14.6 Å². The molecule has 0 unspecified atom stereocenters. The van der Waals surface area contributed by atoms with E-state index in [1.807, 2.05) is 12.1 Å². The molecule has 0 bridgehead atoms. The molecular formula is C23H17F3N4O3S. The molecule has 0 spiro atoms. The number of carbonyl (C=O) groups excluding carboxylic acids is 2. The van der Waals surface area contributed by atoms with Crippen LogP contribution in [0.15, 0.2) is 52.7 Å². The molecule has 11 heteroatoms. The van der Waals surface area contributed by atoms with E-state index in [2.05, 4.69) is 15.3 Å². The van der Waals surface area contributed by atoms with Crippen LogP contribution in [0.3, 0.4) is 0 Å². The van der Waals surface area contributed by atoms with Crippen molar-refractivity contribution >= 4 is 33.4 Å². The highest BCUT2D eigenvalue weighted by Gasteiger charge is 2.36. The lowest BCUT2D eigenvalue weighted by molar-refractivity contribution is -0.136. The van der Waals surface area contributed by atoms with Gasteiger partial charge in [0.15, 0.2) is 5.76 Å². The first-order valence-corrected chi connectivity index (χ1v) is 11.1. The number of halogens is 3. The van der Waals surface area contributed by atoms with Crippen molar-refractivity contribution in [3.8, 4) is 11.3 Å². The van der Waals surface area contributed by atoms with Gasteiger partial charge in [-0.25, -0.2) is 4.98 Å². The minimum Gasteiger partial charge on any atom is -0.458 e. The lowest BCUT2D eigenvalue weighted by Crippen LogP contribution is -2.48. The van der Waals surface area contributed by atoms with Crippen molar-refractivity contribution in [2.75, 3.05) is 20.1 Å². The second-order valence-corrected chi connectivity index (χ2v) is 8.73. The number of furan rings is 1. The second-order valence-electron chi connectivity index (χ2n) is 7.85. The van der Waals surface area contributed by atoms with E-state index >= 15 is 0 Å². The molecule has 5 rings (SSSR count). The molecule has 7 nitrogen and oxygen atoms in total. The summed E-state index contributed by atoms with van der Waals surface area (Å²) in [5.41, 5.74) is 0.314.